The highest BCUT2D eigenvalue weighted by Crippen LogP contribution is 2.26. The second-order valence-electron chi connectivity index (χ2n) is 8.23. The lowest BCUT2D eigenvalue weighted by Gasteiger charge is -2.37. The number of nitrogens with zero attached hydrogens (tertiary/aromatic N) is 2. The molecule has 0 spiro atoms. The van der Waals surface area contributed by atoms with Crippen molar-refractivity contribution in [1.29, 1.82) is 0 Å². The van der Waals surface area contributed by atoms with Crippen molar-refractivity contribution in [2.24, 2.45) is 0 Å². The molecule has 1 heterocycles. The van der Waals surface area contributed by atoms with Gasteiger partial charge in [0.25, 0.3) is 0 Å². The molecule has 10 heteroatoms. The van der Waals surface area contributed by atoms with Crippen LogP contribution in [-0.2, 0) is 21.2 Å². The molecule has 0 saturated carbocycles. The van der Waals surface area contributed by atoms with E-state index in [4.69, 9.17) is 23.2 Å². The predicted molar refractivity (Wildman–Crippen MR) is 136 cm³/mol. The number of benzene rings is 3. The molecule has 0 radical (unpaired) electrons. The summed E-state index contributed by atoms with van der Waals surface area (Å²) in [5, 5.41) is 0.235. The van der Waals surface area contributed by atoms with Crippen LogP contribution < -0.4 is 9.62 Å². The number of piperazine rings is 1. The molecule has 0 bridgehead atoms. The van der Waals surface area contributed by atoms with Crippen LogP contribution in [-0.4, -0.2) is 51.4 Å². The van der Waals surface area contributed by atoms with Crippen molar-refractivity contribution in [2.45, 2.75) is 17.4 Å². The summed E-state index contributed by atoms with van der Waals surface area (Å²) < 4.78 is 42.2. The highest BCUT2D eigenvalue weighted by molar-refractivity contribution is 7.89. The van der Waals surface area contributed by atoms with Crippen LogP contribution in [0.1, 0.15) is 5.56 Å². The average molecular weight is 536 g/mol. The van der Waals surface area contributed by atoms with Gasteiger partial charge in [-0.3, -0.25) is 4.79 Å². The zero-order chi connectivity index (χ0) is 25.0. The van der Waals surface area contributed by atoms with Crippen molar-refractivity contribution in [3.05, 3.63) is 94.2 Å². The first-order chi connectivity index (χ1) is 16.7. The van der Waals surface area contributed by atoms with Gasteiger partial charge in [-0.25, -0.2) is 12.8 Å². The number of carbonyl (C=O) groups excluding carboxylic acids is 1. The second-order valence-corrected chi connectivity index (χ2v) is 10.8. The molecule has 1 atom stereocenters. The smallest absolute Gasteiger partial charge is 0.242 e. The molecule has 6 nitrogen and oxygen atoms in total. The minimum atomic E-state index is -4.13. The van der Waals surface area contributed by atoms with Gasteiger partial charge in [0.05, 0.1) is 5.02 Å². The molecular formula is C25H24Cl2FN3O3S. The SMILES string of the molecule is O=C(C(Cc1ccccc1)NS(=O)(=O)c1cc(Cl)ccc1Cl)N1CCN(c2ccc(F)cc2)CC1. The lowest BCUT2D eigenvalue weighted by molar-refractivity contribution is -0.133. The lowest BCUT2D eigenvalue weighted by Crippen LogP contribution is -2.55. The summed E-state index contributed by atoms with van der Waals surface area (Å²) in [7, 11) is -4.13. The molecule has 35 heavy (non-hydrogen) atoms. The van der Waals surface area contributed by atoms with Gasteiger partial charge in [0.2, 0.25) is 15.9 Å². The van der Waals surface area contributed by atoms with Crippen LogP contribution in [0.3, 0.4) is 0 Å². The van der Waals surface area contributed by atoms with E-state index >= 15 is 0 Å². The summed E-state index contributed by atoms with van der Waals surface area (Å²) >= 11 is 12.1. The van der Waals surface area contributed by atoms with Crippen molar-refractivity contribution in [1.82, 2.24) is 9.62 Å². The minimum Gasteiger partial charge on any atom is -0.368 e. The molecule has 0 aromatic heterocycles. The van der Waals surface area contributed by atoms with Gasteiger partial charge in [0.15, 0.2) is 0 Å². The molecule has 1 amide bonds. The summed E-state index contributed by atoms with van der Waals surface area (Å²) in [6, 6.07) is 18.5. The molecule has 1 fully saturated rings. The van der Waals surface area contributed by atoms with Crippen LogP contribution in [0.4, 0.5) is 10.1 Å². The molecule has 0 aliphatic carbocycles. The zero-order valence-corrected chi connectivity index (χ0v) is 21.0. The van der Waals surface area contributed by atoms with Gasteiger partial charge in [-0.2, -0.15) is 4.72 Å². The van der Waals surface area contributed by atoms with Crippen molar-refractivity contribution in [2.75, 3.05) is 31.1 Å². The highest BCUT2D eigenvalue weighted by Gasteiger charge is 2.32. The van der Waals surface area contributed by atoms with Gasteiger partial charge in [-0.15, -0.1) is 0 Å². The molecule has 3 aromatic carbocycles. The maximum atomic E-state index is 13.5. The summed E-state index contributed by atoms with van der Waals surface area (Å²) in [5.74, 6) is -0.632. The van der Waals surface area contributed by atoms with E-state index in [9.17, 15) is 17.6 Å². The minimum absolute atomic E-state index is 0.0146. The molecule has 4 rings (SSSR count). The van der Waals surface area contributed by atoms with E-state index in [1.165, 1.54) is 30.3 Å². The Bertz CT molecular complexity index is 1280. The summed E-state index contributed by atoms with van der Waals surface area (Å²) in [6.07, 6.45) is 0.176. The first-order valence-electron chi connectivity index (χ1n) is 11.0. The highest BCUT2D eigenvalue weighted by atomic mass is 35.5. The van der Waals surface area contributed by atoms with Gasteiger partial charge in [0.1, 0.15) is 16.8 Å². The largest absolute Gasteiger partial charge is 0.368 e. The van der Waals surface area contributed by atoms with Crippen molar-refractivity contribution >= 4 is 44.8 Å². The average Bonchev–Trinajstić information content (AvgIpc) is 2.86. The number of hydrogen-bond donors (Lipinski definition) is 1. The van der Waals surface area contributed by atoms with Gasteiger partial charge in [0, 0.05) is 36.9 Å². The fraction of sp³-hybridized carbons (Fsp3) is 0.240. The number of amides is 1. The van der Waals surface area contributed by atoms with Gasteiger partial charge in [-0.05, 0) is 54.4 Å². The maximum Gasteiger partial charge on any atom is 0.242 e. The van der Waals surface area contributed by atoms with Crippen LogP contribution in [0.2, 0.25) is 10.0 Å². The Kier molecular flexibility index (Phi) is 7.96. The fourth-order valence-corrected chi connectivity index (χ4v) is 5.97. The van der Waals surface area contributed by atoms with Crippen LogP contribution >= 0.6 is 23.2 Å². The molecule has 1 aliphatic rings. The van der Waals surface area contributed by atoms with Crippen LogP contribution in [0.25, 0.3) is 0 Å². The van der Waals surface area contributed by atoms with Crippen LogP contribution in [0, 0.1) is 5.82 Å². The number of nitrogens with one attached hydrogen (secondary N) is 1. The normalized spacial score (nSPS) is 15.2. The molecule has 1 aliphatic heterocycles. The van der Waals surface area contributed by atoms with E-state index in [1.54, 1.807) is 17.0 Å². The Labute approximate surface area is 214 Å². The van der Waals surface area contributed by atoms with Crippen molar-refractivity contribution in [3.8, 4) is 0 Å². The number of hydrogen-bond acceptors (Lipinski definition) is 4. The summed E-state index contributed by atoms with van der Waals surface area (Å²) in [4.78, 5) is 17.1. The van der Waals surface area contributed by atoms with E-state index in [1.807, 2.05) is 30.3 Å². The van der Waals surface area contributed by atoms with E-state index in [-0.39, 0.29) is 33.1 Å². The van der Waals surface area contributed by atoms with E-state index in [0.717, 1.165) is 11.3 Å². The maximum absolute atomic E-state index is 13.5. The van der Waals surface area contributed by atoms with Gasteiger partial charge in [-0.1, -0.05) is 53.5 Å². The monoisotopic (exact) mass is 535 g/mol. The van der Waals surface area contributed by atoms with Crippen molar-refractivity contribution in [3.63, 3.8) is 0 Å². The third kappa shape index (κ3) is 6.32. The van der Waals surface area contributed by atoms with Gasteiger partial charge < -0.3 is 9.80 Å². The summed E-state index contributed by atoms with van der Waals surface area (Å²) in [5.41, 5.74) is 1.69. The third-order valence-electron chi connectivity index (χ3n) is 5.84. The number of rotatable bonds is 7. The molecule has 1 N–H and O–H groups in total. The standard InChI is InChI=1S/C25H24Cl2FN3O3S/c26-19-6-11-22(27)24(17-19)35(33,34)29-23(16-18-4-2-1-3-5-18)25(32)31-14-12-30(13-15-31)21-9-7-20(28)8-10-21/h1-11,17,23,29H,12-16H2. The predicted octanol–water partition coefficient (Wildman–Crippen LogP) is 4.37. The van der Waals surface area contributed by atoms with Crippen LogP contribution in [0.5, 0.6) is 0 Å². The molecule has 3 aromatic rings. The van der Waals surface area contributed by atoms with Crippen molar-refractivity contribution < 1.29 is 17.6 Å². The molecular weight excluding hydrogens is 512 g/mol. The third-order valence-corrected chi connectivity index (χ3v) is 8.03. The first kappa shape index (κ1) is 25.4. The van der Waals surface area contributed by atoms with Gasteiger partial charge >= 0.3 is 0 Å². The fourth-order valence-electron chi connectivity index (χ4n) is 4.02. The lowest BCUT2D eigenvalue weighted by atomic mass is 10.1. The Morgan fingerprint density at radius 1 is 0.943 bits per heavy atom. The summed E-state index contributed by atoms with van der Waals surface area (Å²) in [6.45, 7) is 1.90. The Morgan fingerprint density at radius 2 is 1.60 bits per heavy atom. The van der Waals surface area contributed by atoms with E-state index in [0.29, 0.717) is 26.2 Å². The number of carbonyl (C=O) groups is 1. The zero-order valence-electron chi connectivity index (χ0n) is 18.7. The molecule has 1 saturated heterocycles. The van der Waals surface area contributed by atoms with E-state index < -0.39 is 16.1 Å². The number of halogens is 3. The molecule has 1 unspecified atom stereocenters. The Hall–Kier alpha value is -2.65. The number of sulfonamides is 1. The topological polar surface area (TPSA) is 69.7 Å². The quantitative estimate of drug-likeness (QED) is 0.487. The number of anilines is 1. The molecule has 184 valence electrons. The Balaban J connectivity index is 1.53. The second kappa shape index (κ2) is 11.0. The van der Waals surface area contributed by atoms with Crippen LogP contribution in [0.15, 0.2) is 77.7 Å². The Morgan fingerprint density at radius 3 is 2.26 bits per heavy atom. The first-order valence-corrected chi connectivity index (χ1v) is 13.3. The van der Waals surface area contributed by atoms with E-state index in [2.05, 4.69) is 9.62 Å².